The molecule has 0 spiro atoms. The average Bonchev–Trinajstić information content (AvgIpc) is 2.57. The van der Waals surface area contributed by atoms with Crippen LogP contribution in [0.15, 0.2) is 35.3 Å². The van der Waals surface area contributed by atoms with Crippen LogP contribution in [-0.4, -0.2) is 21.5 Å². The first-order chi connectivity index (χ1) is 11.6. The average molecular weight is 329 g/mol. The summed E-state index contributed by atoms with van der Waals surface area (Å²) in [6, 6.07) is 6.33. The maximum Gasteiger partial charge on any atom is 0.250 e. The molecule has 0 unspecified atom stereocenters. The molecule has 0 saturated carbocycles. The summed E-state index contributed by atoms with van der Waals surface area (Å²) in [5.41, 5.74) is 2.77. The van der Waals surface area contributed by atoms with Gasteiger partial charge in [0.1, 0.15) is 5.82 Å². The Kier molecular flexibility index (Phi) is 4.74. The fraction of sp³-hybridized carbons (Fsp3) is 0.389. The van der Waals surface area contributed by atoms with Crippen molar-refractivity contribution in [2.24, 2.45) is 0 Å². The molecular weight excluding hydrogens is 309 g/mol. The second-order valence-corrected chi connectivity index (χ2v) is 6.04. The minimum absolute atomic E-state index is 0.0288. The predicted octanol–water partition coefficient (Wildman–Crippen LogP) is 1.62. The molecule has 1 atom stereocenters. The second-order valence-electron chi connectivity index (χ2n) is 6.04. The van der Waals surface area contributed by atoms with Gasteiger partial charge in [0.2, 0.25) is 5.91 Å². The van der Waals surface area contributed by atoms with Crippen molar-refractivity contribution in [3.05, 3.63) is 63.6 Å². The molecule has 0 saturated heterocycles. The summed E-state index contributed by atoms with van der Waals surface area (Å²) in [4.78, 5) is 27.9. The Balaban J connectivity index is 1.64. The number of hydrogen-bond acceptors (Lipinski definition) is 3. The van der Waals surface area contributed by atoms with Crippen molar-refractivity contribution in [3.8, 4) is 0 Å². The molecule has 0 bridgehead atoms. The zero-order valence-electron chi connectivity index (χ0n) is 13.6. The van der Waals surface area contributed by atoms with Gasteiger partial charge in [-0.15, -0.1) is 0 Å². The molecule has 1 N–H and O–H groups in total. The van der Waals surface area contributed by atoms with Crippen LogP contribution in [0.5, 0.6) is 0 Å². The molecule has 2 heterocycles. The van der Waals surface area contributed by atoms with Crippen LogP contribution in [-0.2, 0) is 30.6 Å². The normalized spacial score (nSPS) is 16.5. The molecule has 24 heavy (non-hydrogen) atoms. The van der Waals surface area contributed by atoms with Crippen molar-refractivity contribution >= 4 is 5.91 Å². The van der Waals surface area contributed by atoms with E-state index in [-0.39, 0.29) is 23.9 Å². The lowest BCUT2D eigenvalue weighted by Crippen LogP contribution is -2.41. The van der Waals surface area contributed by atoms with Gasteiger partial charge in [0.25, 0.3) is 5.56 Å². The van der Waals surface area contributed by atoms with E-state index in [4.69, 9.17) is 0 Å². The van der Waals surface area contributed by atoms with Crippen LogP contribution in [0.3, 0.4) is 0 Å². The molecule has 0 fully saturated rings. The highest BCUT2D eigenvalue weighted by Crippen LogP contribution is 2.20. The monoisotopic (exact) mass is 329 g/mol. The molecule has 0 aliphatic heterocycles. The standard InChI is InChI=1S/C18H20FN3O2/c1-2-22-16-7-6-15(9-12(16)3-8-18(22)24)21-17(23)10-14-5-4-13(19)11-20-14/h3-5,8,11,15H,2,6-7,9-10H2,1H3,(H,21,23)/t15-/m1/s1. The van der Waals surface area contributed by atoms with E-state index in [1.807, 2.05) is 13.0 Å². The number of carbonyl (C=O) groups excluding carboxylic acids is 1. The highest BCUT2D eigenvalue weighted by molar-refractivity contribution is 5.78. The van der Waals surface area contributed by atoms with E-state index in [2.05, 4.69) is 10.3 Å². The molecule has 2 aromatic rings. The minimum atomic E-state index is -0.412. The number of nitrogens with zero attached hydrogens (tertiary/aromatic N) is 2. The quantitative estimate of drug-likeness (QED) is 0.927. The molecule has 2 aromatic heterocycles. The Morgan fingerprint density at radius 2 is 2.21 bits per heavy atom. The molecule has 1 amide bonds. The molecule has 126 valence electrons. The molecule has 0 aromatic carbocycles. The number of carbonyl (C=O) groups is 1. The van der Waals surface area contributed by atoms with Crippen LogP contribution in [0.25, 0.3) is 0 Å². The highest BCUT2D eigenvalue weighted by Gasteiger charge is 2.22. The van der Waals surface area contributed by atoms with Crippen LogP contribution >= 0.6 is 0 Å². The van der Waals surface area contributed by atoms with Crippen molar-refractivity contribution in [3.63, 3.8) is 0 Å². The molecule has 6 heteroatoms. The van der Waals surface area contributed by atoms with Gasteiger partial charge in [0.15, 0.2) is 0 Å². The van der Waals surface area contributed by atoms with Crippen molar-refractivity contribution in [2.75, 3.05) is 0 Å². The van der Waals surface area contributed by atoms with Gasteiger partial charge >= 0.3 is 0 Å². The fourth-order valence-corrected chi connectivity index (χ4v) is 3.25. The molecular formula is C18H20FN3O2. The van der Waals surface area contributed by atoms with Crippen LogP contribution in [0.2, 0.25) is 0 Å². The van der Waals surface area contributed by atoms with Gasteiger partial charge in [0, 0.05) is 30.0 Å². The molecule has 1 aliphatic rings. The SMILES string of the molecule is CCn1c2c(ccc1=O)C[C@H](NC(=O)Cc1ccc(F)cn1)CC2. The largest absolute Gasteiger partial charge is 0.353 e. The maximum absolute atomic E-state index is 12.8. The van der Waals surface area contributed by atoms with Gasteiger partial charge in [-0.3, -0.25) is 14.6 Å². The molecule has 3 rings (SSSR count). The van der Waals surface area contributed by atoms with Crippen LogP contribution < -0.4 is 10.9 Å². The van der Waals surface area contributed by atoms with E-state index in [0.29, 0.717) is 12.2 Å². The van der Waals surface area contributed by atoms with Crippen molar-refractivity contribution in [1.29, 1.82) is 0 Å². The number of amides is 1. The summed E-state index contributed by atoms with van der Waals surface area (Å²) >= 11 is 0. The first-order valence-corrected chi connectivity index (χ1v) is 8.18. The summed E-state index contributed by atoms with van der Waals surface area (Å²) < 4.78 is 14.6. The third-order valence-corrected chi connectivity index (χ3v) is 4.40. The smallest absolute Gasteiger partial charge is 0.250 e. The van der Waals surface area contributed by atoms with Gasteiger partial charge in [0.05, 0.1) is 12.6 Å². The summed E-state index contributed by atoms with van der Waals surface area (Å²) in [6.07, 6.45) is 3.55. The molecule has 5 nitrogen and oxygen atoms in total. The third-order valence-electron chi connectivity index (χ3n) is 4.40. The van der Waals surface area contributed by atoms with E-state index >= 15 is 0 Å². The fourth-order valence-electron chi connectivity index (χ4n) is 3.25. The minimum Gasteiger partial charge on any atom is -0.353 e. The van der Waals surface area contributed by atoms with Gasteiger partial charge in [-0.2, -0.15) is 0 Å². The van der Waals surface area contributed by atoms with E-state index in [0.717, 1.165) is 36.7 Å². The number of aromatic nitrogens is 2. The lowest BCUT2D eigenvalue weighted by atomic mass is 9.91. The van der Waals surface area contributed by atoms with E-state index < -0.39 is 5.82 Å². The summed E-state index contributed by atoms with van der Waals surface area (Å²) in [7, 11) is 0. The van der Waals surface area contributed by atoms with Crippen LogP contribution in [0.1, 0.15) is 30.3 Å². The lowest BCUT2D eigenvalue weighted by molar-refractivity contribution is -0.121. The first-order valence-electron chi connectivity index (χ1n) is 8.18. The summed E-state index contributed by atoms with van der Waals surface area (Å²) in [5.74, 6) is -0.531. The number of rotatable bonds is 4. The number of hydrogen-bond donors (Lipinski definition) is 1. The Hall–Kier alpha value is -2.50. The second kappa shape index (κ2) is 6.95. The van der Waals surface area contributed by atoms with Crippen molar-refractivity contribution in [1.82, 2.24) is 14.9 Å². The maximum atomic E-state index is 12.8. The Labute approximate surface area is 139 Å². The van der Waals surface area contributed by atoms with Crippen molar-refractivity contribution < 1.29 is 9.18 Å². The predicted molar refractivity (Wildman–Crippen MR) is 88.2 cm³/mol. The summed E-state index contributed by atoms with van der Waals surface area (Å²) in [6.45, 7) is 2.63. The highest BCUT2D eigenvalue weighted by atomic mass is 19.1. The molecule has 1 aliphatic carbocycles. The number of halogens is 1. The lowest BCUT2D eigenvalue weighted by Gasteiger charge is -2.27. The zero-order valence-corrected chi connectivity index (χ0v) is 13.6. The Morgan fingerprint density at radius 1 is 1.38 bits per heavy atom. The van der Waals surface area contributed by atoms with Gasteiger partial charge in [-0.25, -0.2) is 4.39 Å². The molecule has 0 radical (unpaired) electrons. The van der Waals surface area contributed by atoms with Crippen LogP contribution in [0, 0.1) is 5.82 Å². The number of fused-ring (bicyclic) bond motifs is 1. The van der Waals surface area contributed by atoms with E-state index in [1.54, 1.807) is 10.6 Å². The Bertz CT molecular complexity index is 799. The van der Waals surface area contributed by atoms with E-state index in [9.17, 15) is 14.0 Å². The number of nitrogens with one attached hydrogen (secondary N) is 1. The topological polar surface area (TPSA) is 64.0 Å². The zero-order chi connectivity index (χ0) is 17.1. The number of pyridine rings is 2. The van der Waals surface area contributed by atoms with Crippen molar-refractivity contribution in [2.45, 2.75) is 45.2 Å². The summed E-state index contributed by atoms with van der Waals surface area (Å²) in [5, 5.41) is 3.01. The first kappa shape index (κ1) is 16.4. The third kappa shape index (κ3) is 3.53. The van der Waals surface area contributed by atoms with Crippen LogP contribution in [0.4, 0.5) is 4.39 Å². The van der Waals surface area contributed by atoms with Gasteiger partial charge in [-0.05, 0) is 43.9 Å². The van der Waals surface area contributed by atoms with Gasteiger partial charge < -0.3 is 9.88 Å². The Morgan fingerprint density at radius 3 is 2.92 bits per heavy atom. The van der Waals surface area contributed by atoms with Gasteiger partial charge in [-0.1, -0.05) is 6.07 Å². The van der Waals surface area contributed by atoms with E-state index in [1.165, 1.54) is 12.1 Å².